The van der Waals surface area contributed by atoms with Gasteiger partial charge < -0.3 is 10.6 Å². The van der Waals surface area contributed by atoms with Crippen molar-refractivity contribution in [3.63, 3.8) is 0 Å². The summed E-state index contributed by atoms with van der Waals surface area (Å²) in [5.41, 5.74) is 7.73. The maximum atomic E-state index is 5.56. The molecule has 3 heteroatoms. The normalized spacial score (nSPS) is 24.6. The van der Waals surface area contributed by atoms with Crippen LogP contribution in [0.3, 0.4) is 0 Å². The van der Waals surface area contributed by atoms with E-state index in [4.69, 9.17) is 5.73 Å². The average molecular weight is 233 g/mol. The van der Waals surface area contributed by atoms with Crippen LogP contribution in [0, 0.1) is 5.92 Å². The summed E-state index contributed by atoms with van der Waals surface area (Å²) in [4.78, 5) is 6.74. The third-order valence-electron chi connectivity index (χ3n) is 3.96. The Morgan fingerprint density at radius 1 is 1.29 bits per heavy atom. The Kier molecular flexibility index (Phi) is 4.00. The molecular weight excluding hydrogens is 210 g/mol. The largest absolute Gasteiger partial charge is 0.370 e. The maximum absolute atomic E-state index is 5.56. The quantitative estimate of drug-likeness (QED) is 0.872. The fourth-order valence-electron chi connectivity index (χ4n) is 2.59. The number of pyridine rings is 1. The molecule has 0 unspecified atom stereocenters. The van der Waals surface area contributed by atoms with Gasteiger partial charge in [-0.3, -0.25) is 4.98 Å². The van der Waals surface area contributed by atoms with E-state index in [1.807, 2.05) is 12.3 Å². The Hall–Kier alpha value is -1.09. The zero-order valence-corrected chi connectivity index (χ0v) is 10.9. The molecule has 1 saturated carbocycles. The van der Waals surface area contributed by atoms with Crippen LogP contribution in [0.15, 0.2) is 18.3 Å². The molecule has 3 nitrogen and oxygen atoms in total. The second kappa shape index (κ2) is 5.50. The lowest BCUT2D eigenvalue weighted by Gasteiger charge is -2.34. The van der Waals surface area contributed by atoms with E-state index >= 15 is 0 Å². The minimum atomic E-state index is 0.519. The van der Waals surface area contributed by atoms with Crippen LogP contribution in [-0.4, -0.2) is 18.1 Å². The van der Waals surface area contributed by atoms with Gasteiger partial charge in [0, 0.05) is 19.6 Å². The average Bonchev–Trinajstić information content (AvgIpc) is 2.39. The van der Waals surface area contributed by atoms with Gasteiger partial charge in [0.25, 0.3) is 0 Å². The van der Waals surface area contributed by atoms with E-state index in [-0.39, 0.29) is 0 Å². The highest BCUT2D eigenvalue weighted by atomic mass is 15.1. The van der Waals surface area contributed by atoms with Crippen LogP contribution in [0.2, 0.25) is 0 Å². The third kappa shape index (κ3) is 2.97. The highest BCUT2D eigenvalue weighted by Gasteiger charge is 2.21. The first-order valence-electron chi connectivity index (χ1n) is 6.58. The lowest BCUT2D eigenvalue weighted by Crippen LogP contribution is -2.34. The van der Waals surface area contributed by atoms with Crippen LogP contribution < -0.4 is 10.6 Å². The van der Waals surface area contributed by atoms with Crippen molar-refractivity contribution >= 4 is 5.69 Å². The number of rotatable bonds is 3. The highest BCUT2D eigenvalue weighted by molar-refractivity contribution is 5.44. The zero-order chi connectivity index (χ0) is 12.3. The number of hydrogen-bond donors (Lipinski definition) is 1. The molecule has 2 rings (SSSR count). The number of anilines is 1. The Morgan fingerprint density at radius 2 is 2.00 bits per heavy atom. The molecule has 0 atom stereocenters. The molecule has 0 spiro atoms. The van der Waals surface area contributed by atoms with Gasteiger partial charge in [-0.25, -0.2) is 0 Å². The van der Waals surface area contributed by atoms with Crippen LogP contribution in [0.25, 0.3) is 0 Å². The molecule has 1 fully saturated rings. The van der Waals surface area contributed by atoms with Crippen LogP contribution in [-0.2, 0) is 6.54 Å². The minimum absolute atomic E-state index is 0.519. The van der Waals surface area contributed by atoms with Crippen molar-refractivity contribution in [2.45, 2.75) is 45.2 Å². The summed E-state index contributed by atoms with van der Waals surface area (Å²) in [5, 5.41) is 0. The smallest absolute Gasteiger partial charge is 0.0552 e. The van der Waals surface area contributed by atoms with Gasteiger partial charge in [-0.1, -0.05) is 6.92 Å². The predicted octanol–water partition coefficient (Wildman–Crippen LogP) is 2.56. The van der Waals surface area contributed by atoms with Crippen molar-refractivity contribution in [2.75, 3.05) is 11.9 Å². The summed E-state index contributed by atoms with van der Waals surface area (Å²) in [7, 11) is 2.18. The predicted molar refractivity (Wildman–Crippen MR) is 72.0 cm³/mol. The number of aromatic nitrogens is 1. The molecule has 0 aromatic carbocycles. The van der Waals surface area contributed by atoms with Crippen molar-refractivity contribution in [3.8, 4) is 0 Å². The monoisotopic (exact) mass is 233 g/mol. The molecule has 1 aromatic rings. The lowest BCUT2D eigenvalue weighted by molar-refractivity contribution is 0.340. The van der Waals surface area contributed by atoms with Crippen LogP contribution in [0.4, 0.5) is 5.69 Å². The lowest BCUT2D eigenvalue weighted by atomic mass is 9.86. The molecule has 0 saturated heterocycles. The van der Waals surface area contributed by atoms with E-state index < -0.39 is 0 Å². The zero-order valence-electron chi connectivity index (χ0n) is 10.9. The summed E-state index contributed by atoms with van der Waals surface area (Å²) in [6, 6.07) is 4.83. The highest BCUT2D eigenvalue weighted by Crippen LogP contribution is 2.28. The SMILES string of the molecule is CC1CCC(N(C)c2ccc(CN)nc2)CC1. The van der Waals surface area contributed by atoms with Gasteiger partial charge in [-0.2, -0.15) is 0 Å². The van der Waals surface area contributed by atoms with Crippen LogP contribution in [0.1, 0.15) is 38.3 Å². The second-order valence-corrected chi connectivity index (χ2v) is 5.24. The van der Waals surface area contributed by atoms with E-state index in [1.165, 1.54) is 31.4 Å². The molecule has 0 bridgehead atoms. The van der Waals surface area contributed by atoms with E-state index in [0.29, 0.717) is 12.6 Å². The third-order valence-corrected chi connectivity index (χ3v) is 3.96. The molecular formula is C14H23N3. The van der Waals surface area contributed by atoms with Gasteiger partial charge in [-0.15, -0.1) is 0 Å². The van der Waals surface area contributed by atoms with Gasteiger partial charge in [-0.05, 0) is 43.7 Å². The molecule has 0 amide bonds. The Balaban J connectivity index is 2.00. The Morgan fingerprint density at radius 3 is 2.53 bits per heavy atom. The van der Waals surface area contributed by atoms with E-state index in [9.17, 15) is 0 Å². The Labute approximate surface area is 104 Å². The minimum Gasteiger partial charge on any atom is -0.370 e. The molecule has 1 heterocycles. The fraction of sp³-hybridized carbons (Fsp3) is 0.643. The van der Waals surface area contributed by atoms with Gasteiger partial charge >= 0.3 is 0 Å². The number of nitrogens with two attached hydrogens (primary N) is 1. The van der Waals surface area contributed by atoms with E-state index in [1.54, 1.807) is 0 Å². The van der Waals surface area contributed by atoms with Crippen LogP contribution in [0.5, 0.6) is 0 Å². The standard InChI is InChI=1S/C14H23N3/c1-11-3-6-13(7-4-11)17(2)14-8-5-12(9-15)16-10-14/h5,8,10-11,13H,3-4,6-7,9,15H2,1-2H3. The molecule has 94 valence electrons. The van der Waals surface area contributed by atoms with Gasteiger partial charge in [0.15, 0.2) is 0 Å². The number of hydrogen-bond acceptors (Lipinski definition) is 3. The summed E-state index contributed by atoms with van der Waals surface area (Å²) in [6.45, 7) is 2.87. The van der Waals surface area contributed by atoms with Gasteiger partial charge in [0.1, 0.15) is 0 Å². The van der Waals surface area contributed by atoms with Gasteiger partial charge in [0.05, 0.1) is 17.6 Å². The van der Waals surface area contributed by atoms with Crippen LogP contribution >= 0.6 is 0 Å². The molecule has 17 heavy (non-hydrogen) atoms. The first kappa shape index (κ1) is 12.4. The molecule has 0 radical (unpaired) electrons. The first-order valence-corrected chi connectivity index (χ1v) is 6.58. The second-order valence-electron chi connectivity index (χ2n) is 5.24. The summed E-state index contributed by atoms with van der Waals surface area (Å²) >= 11 is 0. The van der Waals surface area contributed by atoms with Crippen molar-refractivity contribution in [1.82, 2.24) is 4.98 Å². The summed E-state index contributed by atoms with van der Waals surface area (Å²) in [6.07, 6.45) is 7.25. The van der Waals surface area contributed by atoms with E-state index in [2.05, 4.69) is 29.9 Å². The first-order chi connectivity index (χ1) is 8.20. The summed E-state index contributed by atoms with van der Waals surface area (Å²) in [5.74, 6) is 0.900. The molecule has 0 aliphatic heterocycles. The Bertz CT molecular complexity index is 339. The van der Waals surface area contributed by atoms with Crippen molar-refractivity contribution in [3.05, 3.63) is 24.0 Å². The van der Waals surface area contributed by atoms with Crippen molar-refractivity contribution in [1.29, 1.82) is 0 Å². The number of nitrogens with zero attached hydrogens (tertiary/aromatic N) is 2. The van der Waals surface area contributed by atoms with Crippen molar-refractivity contribution < 1.29 is 0 Å². The summed E-state index contributed by atoms with van der Waals surface area (Å²) < 4.78 is 0. The van der Waals surface area contributed by atoms with E-state index in [0.717, 1.165) is 11.6 Å². The fourth-order valence-corrected chi connectivity index (χ4v) is 2.59. The van der Waals surface area contributed by atoms with Crippen molar-refractivity contribution in [2.24, 2.45) is 11.7 Å². The molecule has 1 aliphatic carbocycles. The topological polar surface area (TPSA) is 42.1 Å². The van der Waals surface area contributed by atoms with Gasteiger partial charge in [0.2, 0.25) is 0 Å². The maximum Gasteiger partial charge on any atom is 0.0552 e. The molecule has 1 aliphatic rings. The molecule has 2 N–H and O–H groups in total. The molecule has 1 aromatic heterocycles.